The number of ether oxygens (including phenoxy) is 1. The van der Waals surface area contributed by atoms with Gasteiger partial charge in [0.25, 0.3) is 0 Å². The summed E-state index contributed by atoms with van der Waals surface area (Å²) in [6.45, 7) is 11.5. The SMILES string of the molecule is Cc1cccc(NC2CCCN(C(=O)OC(C)(C)C)CC2)c1C. The minimum atomic E-state index is -0.431. The topological polar surface area (TPSA) is 41.6 Å². The van der Waals surface area contributed by atoms with Crippen molar-refractivity contribution in [1.29, 1.82) is 0 Å². The molecule has 4 nitrogen and oxygen atoms in total. The molecular weight excluding hydrogens is 288 g/mol. The fourth-order valence-corrected chi connectivity index (χ4v) is 2.88. The van der Waals surface area contributed by atoms with Gasteiger partial charge in [-0.3, -0.25) is 0 Å². The third kappa shape index (κ3) is 5.15. The van der Waals surface area contributed by atoms with Gasteiger partial charge in [0, 0.05) is 24.8 Å². The lowest BCUT2D eigenvalue weighted by Crippen LogP contribution is -2.37. The van der Waals surface area contributed by atoms with Crippen LogP contribution in [0.25, 0.3) is 0 Å². The first-order chi connectivity index (χ1) is 10.8. The van der Waals surface area contributed by atoms with Crippen molar-refractivity contribution in [2.45, 2.75) is 65.5 Å². The molecule has 1 saturated heterocycles. The quantitative estimate of drug-likeness (QED) is 0.872. The normalized spacial score (nSPS) is 19.2. The molecule has 0 radical (unpaired) electrons. The minimum Gasteiger partial charge on any atom is -0.444 e. The van der Waals surface area contributed by atoms with Crippen LogP contribution in [0, 0.1) is 13.8 Å². The number of benzene rings is 1. The fourth-order valence-electron chi connectivity index (χ4n) is 2.88. The van der Waals surface area contributed by atoms with Crippen molar-refractivity contribution in [2.75, 3.05) is 18.4 Å². The number of aryl methyl sites for hydroxylation is 1. The van der Waals surface area contributed by atoms with Crippen LogP contribution in [0.5, 0.6) is 0 Å². The van der Waals surface area contributed by atoms with Crippen LogP contribution in [0.1, 0.15) is 51.2 Å². The third-order valence-corrected chi connectivity index (χ3v) is 4.34. The van der Waals surface area contributed by atoms with Gasteiger partial charge in [0.1, 0.15) is 5.60 Å². The van der Waals surface area contributed by atoms with E-state index in [4.69, 9.17) is 4.74 Å². The maximum Gasteiger partial charge on any atom is 0.410 e. The number of rotatable bonds is 2. The number of likely N-dealkylation sites (tertiary alicyclic amines) is 1. The van der Waals surface area contributed by atoms with Crippen LogP contribution in [0.4, 0.5) is 10.5 Å². The predicted octanol–water partition coefficient (Wildman–Crippen LogP) is 4.50. The van der Waals surface area contributed by atoms with E-state index in [1.54, 1.807) is 0 Å². The number of hydrogen-bond donors (Lipinski definition) is 1. The van der Waals surface area contributed by atoms with Crippen LogP contribution < -0.4 is 5.32 Å². The number of carbonyl (C=O) groups is 1. The Kier molecular flexibility index (Phi) is 5.55. The molecule has 23 heavy (non-hydrogen) atoms. The Balaban J connectivity index is 1.93. The molecule has 1 aromatic rings. The first kappa shape index (κ1) is 17.6. The third-order valence-electron chi connectivity index (χ3n) is 4.34. The van der Waals surface area contributed by atoms with Crippen LogP contribution in [0.3, 0.4) is 0 Å². The highest BCUT2D eigenvalue weighted by Crippen LogP contribution is 2.23. The zero-order valence-electron chi connectivity index (χ0n) is 15.1. The van der Waals surface area contributed by atoms with Crippen LogP contribution >= 0.6 is 0 Å². The Morgan fingerprint density at radius 1 is 1.22 bits per heavy atom. The van der Waals surface area contributed by atoms with Gasteiger partial charge in [-0.1, -0.05) is 12.1 Å². The Bertz CT molecular complexity index is 549. The number of amides is 1. The predicted molar refractivity (Wildman–Crippen MR) is 95.0 cm³/mol. The Morgan fingerprint density at radius 2 is 1.96 bits per heavy atom. The van der Waals surface area contributed by atoms with Crippen LogP contribution in [0.15, 0.2) is 18.2 Å². The summed E-state index contributed by atoms with van der Waals surface area (Å²) >= 11 is 0. The van der Waals surface area contributed by atoms with Gasteiger partial charge in [-0.2, -0.15) is 0 Å². The lowest BCUT2D eigenvalue weighted by Gasteiger charge is -2.26. The first-order valence-corrected chi connectivity index (χ1v) is 8.57. The molecule has 1 heterocycles. The smallest absolute Gasteiger partial charge is 0.410 e. The van der Waals surface area contributed by atoms with Crippen molar-refractivity contribution in [3.63, 3.8) is 0 Å². The molecule has 1 fully saturated rings. The average molecular weight is 318 g/mol. The number of nitrogens with zero attached hydrogens (tertiary/aromatic N) is 1. The summed E-state index contributed by atoms with van der Waals surface area (Å²) < 4.78 is 5.49. The molecule has 0 aromatic heterocycles. The highest BCUT2D eigenvalue weighted by Gasteiger charge is 2.25. The highest BCUT2D eigenvalue weighted by atomic mass is 16.6. The monoisotopic (exact) mass is 318 g/mol. The second-order valence-electron chi connectivity index (χ2n) is 7.49. The van der Waals surface area contributed by atoms with E-state index in [9.17, 15) is 4.79 Å². The van der Waals surface area contributed by atoms with Crippen LogP contribution in [-0.4, -0.2) is 35.7 Å². The second-order valence-corrected chi connectivity index (χ2v) is 7.49. The van der Waals surface area contributed by atoms with Gasteiger partial charge in [-0.05, 0) is 71.1 Å². The maximum atomic E-state index is 12.2. The van der Waals surface area contributed by atoms with Gasteiger partial charge >= 0.3 is 6.09 Å². The Hall–Kier alpha value is -1.71. The lowest BCUT2D eigenvalue weighted by molar-refractivity contribution is 0.0256. The first-order valence-electron chi connectivity index (χ1n) is 8.57. The summed E-state index contributed by atoms with van der Waals surface area (Å²) in [7, 11) is 0. The van der Waals surface area contributed by atoms with E-state index in [0.29, 0.717) is 6.04 Å². The number of anilines is 1. The van der Waals surface area contributed by atoms with E-state index < -0.39 is 5.60 Å². The van der Waals surface area contributed by atoms with E-state index in [-0.39, 0.29) is 6.09 Å². The summed E-state index contributed by atoms with van der Waals surface area (Å²) in [6, 6.07) is 6.77. The van der Waals surface area contributed by atoms with Gasteiger partial charge < -0.3 is 15.0 Å². The van der Waals surface area contributed by atoms with E-state index in [1.807, 2.05) is 25.7 Å². The lowest BCUT2D eigenvalue weighted by atomic mass is 10.1. The molecule has 0 spiro atoms. The van der Waals surface area contributed by atoms with Crippen molar-refractivity contribution >= 4 is 11.8 Å². The molecule has 128 valence electrons. The molecule has 1 aromatic carbocycles. The van der Waals surface area contributed by atoms with Crippen molar-refractivity contribution in [2.24, 2.45) is 0 Å². The molecule has 0 saturated carbocycles. The molecule has 1 unspecified atom stereocenters. The van der Waals surface area contributed by atoms with Crippen molar-refractivity contribution in [1.82, 2.24) is 4.90 Å². The summed E-state index contributed by atoms with van der Waals surface area (Å²) in [6.07, 6.45) is 2.84. The highest BCUT2D eigenvalue weighted by molar-refractivity contribution is 5.68. The summed E-state index contributed by atoms with van der Waals surface area (Å²) in [5, 5.41) is 3.66. The zero-order chi connectivity index (χ0) is 17.0. The van der Waals surface area contributed by atoms with Crippen molar-refractivity contribution in [3.8, 4) is 0 Å². The molecular formula is C19H30N2O2. The minimum absolute atomic E-state index is 0.190. The molecule has 1 N–H and O–H groups in total. The summed E-state index contributed by atoms with van der Waals surface area (Å²) in [5.41, 5.74) is 3.39. The standard InChI is InChI=1S/C19H30N2O2/c1-14-8-6-10-17(15(14)2)20-16-9-7-12-21(13-11-16)18(22)23-19(3,4)5/h6,8,10,16,20H,7,9,11-13H2,1-5H3. The summed E-state index contributed by atoms with van der Waals surface area (Å²) in [4.78, 5) is 14.1. The molecule has 2 rings (SSSR count). The van der Waals surface area contributed by atoms with Gasteiger partial charge in [-0.25, -0.2) is 4.79 Å². The molecule has 1 aliphatic heterocycles. The number of carbonyl (C=O) groups excluding carboxylic acids is 1. The zero-order valence-corrected chi connectivity index (χ0v) is 15.1. The Morgan fingerprint density at radius 3 is 2.65 bits per heavy atom. The molecule has 0 bridgehead atoms. The molecule has 1 atom stereocenters. The number of nitrogens with one attached hydrogen (secondary N) is 1. The molecule has 4 heteroatoms. The largest absolute Gasteiger partial charge is 0.444 e. The molecule has 1 amide bonds. The van der Waals surface area contributed by atoms with Crippen molar-refractivity contribution < 1.29 is 9.53 Å². The van der Waals surface area contributed by atoms with E-state index in [1.165, 1.54) is 16.8 Å². The van der Waals surface area contributed by atoms with E-state index in [2.05, 4.69) is 37.4 Å². The Labute approximate surface area is 140 Å². The maximum absolute atomic E-state index is 12.2. The van der Waals surface area contributed by atoms with Gasteiger partial charge in [0.05, 0.1) is 0 Å². The average Bonchev–Trinajstić information content (AvgIpc) is 2.68. The van der Waals surface area contributed by atoms with Gasteiger partial charge in [-0.15, -0.1) is 0 Å². The van der Waals surface area contributed by atoms with Crippen molar-refractivity contribution in [3.05, 3.63) is 29.3 Å². The fraction of sp³-hybridized carbons (Fsp3) is 0.632. The van der Waals surface area contributed by atoms with Gasteiger partial charge in [0.15, 0.2) is 0 Å². The van der Waals surface area contributed by atoms with Crippen LogP contribution in [-0.2, 0) is 4.74 Å². The molecule has 0 aliphatic carbocycles. The molecule has 1 aliphatic rings. The van der Waals surface area contributed by atoms with Gasteiger partial charge in [0.2, 0.25) is 0 Å². The second kappa shape index (κ2) is 7.24. The van der Waals surface area contributed by atoms with E-state index in [0.717, 1.165) is 32.4 Å². The number of hydrogen-bond acceptors (Lipinski definition) is 3. The van der Waals surface area contributed by atoms with Crippen LogP contribution in [0.2, 0.25) is 0 Å². The summed E-state index contributed by atoms with van der Waals surface area (Å²) in [5.74, 6) is 0. The van der Waals surface area contributed by atoms with E-state index >= 15 is 0 Å².